The summed E-state index contributed by atoms with van der Waals surface area (Å²) >= 11 is 0. The molecule has 2 rings (SSSR count). The topological polar surface area (TPSA) is 56.0 Å². The molecule has 1 heterocycles. The molecule has 0 aromatic carbocycles. The van der Waals surface area contributed by atoms with Crippen LogP contribution >= 0.6 is 0 Å². The summed E-state index contributed by atoms with van der Waals surface area (Å²) in [4.78, 5) is 15.8. The summed E-state index contributed by atoms with van der Waals surface area (Å²) in [7, 11) is 0. The highest BCUT2D eigenvalue weighted by molar-refractivity contribution is 5.80. The Bertz CT molecular complexity index is 384. The van der Waals surface area contributed by atoms with Crippen molar-refractivity contribution < 1.29 is 9.32 Å². The number of ketones is 1. The lowest BCUT2D eigenvalue weighted by Gasteiger charge is -2.00. The van der Waals surface area contributed by atoms with Gasteiger partial charge in [0.25, 0.3) is 0 Å². The van der Waals surface area contributed by atoms with E-state index < -0.39 is 0 Å². The van der Waals surface area contributed by atoms with Crippen molar-refractivity contribution in [3.63, 3.8) is 0 Å². The van der Waals surface area contributed by atoms with Crippen LogP contribution in [0.1, 0.15) is 51.2 Å². The lowest BCUT2D eigenvalue weighted by atomic mass is 10.1. The second kappa shape index (κ2) is 4.36. The van der Waals surface area contributed by atoms with Gasteiger partial charge in [-0.25, -0.2) is 0 Å². The predicted molar refractivity (Wildman–Crippen MR) is 59.0 cm³/mol. The Labute approximate surface area is 95.4 Å². The lowest BCUT2D eigenvalue weighted by Crippen LogP contribution is -2.06. The molecule has 1 aromatic heterocycles. The van der Waals surface area contributed by atoms with Crippen LogP contribution in [0, 0.1) is 11.8 Å². The van der Waals surface area contributed by atoms with E-state index in [2.05, 4.69) is 17.1 Å². The molecule has 0 spiro atoms. The summed E-state index contributed by atoms with van der Waals surface area (Å²) in [6.07, 6.45) is 2.00. The van der Waals surface area contributed by atoms with E-state index in [0.29, 0.717) is 30.1 Å². The van der Waals surface area contributed by atoms with E-state index in [-0.39, 0.29) is 12.2 Å². The molecule has 88 valence electrons. The first-order valence-electron chi connectivity index (χ1n) is 5.90. The highest BCUT2D eigenvalue weighted by Gasteiger charge is 2.38. The Morgan fingerprint density at radius 1 is 1.56 bits per heavy atom. The van der Waals surface area contributed by atoms with Crippen LogP contribution < -0.4 is 0 Å². The third-order valence-electron chi connectivity index (χ3n) is 2.91. The highest BCUT2D eigenvalue weighted by atomic mass is 16.5. The van der Waals surface area contributed by atoms with Crippen LogP contribution in [0.2, 0.25) is 0 Å². The molecule has 0 radical (unpaired) electrons. The number of hydrogen-bond donors (Lipinski definition) is 0. The molecule has 2 atom stereocenters. The Balaban J connectivity index is 1.90. The maximum atomic E-state index is 11.6. The third kappa shape index (κ3) is 2.68. The standard InChI is InChI=1S/C12H18N2O2/c1-7(2)4-9(15)6-11-13-12(14-16-11)10-5-8(10)3/h7-8,10H,4-6H2,1-3H3. The van der Waals surface area contributed by atoms with Crippen molar-refractivity contribution >= 4 is 5.78 Å². The zero-order valence-electron chi connectivity index (χ0n) is 10.1. The molecule has 0 amide bonds. The minimum Gasteiger partial charge on any atom is -0.339 e. The first kappa shape index (κ1) is 11.3. The number of Topliss-reactive ketones (excluding diaryl/α,β-unsaturated/α-hetero) is 1. The molecule has 1 fully saturated rings. The van der Waals surface area contributed by atoms with Crippen molar-refractivity contribution in [3.8, 4) is 0 Å². The Morgan fingerprint density at radius 2 is 2.25 bits per heavy atom. The number of carbonyl (C=O) groups excluding carboxylic acids is 1. The van der Waals surface area contributed by atoms with Crippen LogP contribution in [0.4, 0.5) is 0 Å². The molecule has 0 aliphatic heterocycles. The normalized spacial score (nSPS) is 23.8. The van der Waals surface area contributed by atoms with Gasteiger partial charge in [-0.2, -0.15) is 4.98 Å². The largest absolute Gasteiger partial charge is 0.339 e. The molecule has 2 unspecified atom stereocenters. The van der Waals surface area contributed by atoms with Gasteiger partial charge in [-0.3, -0.25) is 4.79 Å². The zero-order chi connectivity index (χ0) is 11.7. The molecular weight excluding hydrogens is 204 g/mol. The number of hydrogen-bond acceptors (Lipinski definition) is 4. The van der Waals surface area contributed by atoms with Crippen LogP contribution in [0.5, 0.6) is 0 Å². The van der Waals surface area contributed by atoms with Crippen molar-refractivity contribution in [2.24, 2.45) is 11.8 Å². The molecule has 1 saturated carbocycles. The van der Waals surface area contributed by atoms with Crippen LogP contribution in [-0.4, -0.2) is 15.9 Å². The number of aromatic nitrogens is 2. The summed E-state index contributed by atoms with van der Waals surface area (Å²) in [6.45, 7) is 6.23. The third-order valence-corrected chi connectivity index (χ3v) is 2.91. The first-order chi connectivity index (χ1) is 7.56. The van der Waals surface area contributed by atoms with E-state index in [1.807, 2.05) is 13.8 Å². The van der Waals surface area contributed by atoms with E-state index in [9.17, 15) is 4.79 Å². The van der Waals surface area contributed by atoms with Gasteiger partial charge < -0.3 is 4.52 Å². The van der Waals surface area contributed by atoms with Gasteiger partial charge in [-0.15, -0.1) is 0 Å². The Morgan fingerprint density at radius 3 is 2.81 bits per heavy atom. The van der Waals surface area contributed by atoms with Gasteiger partial charge in [0, 0.05) is 12.3 Å². The van der Waals surface area contributed by atoms with E-state index in [4.69, 9.17) is 4.52 Å². The average molecular weight is 222 g/mol. The van der Waals surface area contributed by atoms with Gasteiger partial charge in [-0.1, -0.05) is 25.9 Å². The van der Waals surface area contributed by atoms with E-state index in [0.717, 1.165) is 12.2 Å². The molecule has 4 heteroatoms. The van der Waals surface area contributed by atoms with Gasteiger partial charge >= 0.3 is 0 Å². The maximum Gasteiger partial charge on any atom is 0.234 e. The fourth-order valence-corrected chi connectivity index (χ4v) is 1.87. The SMILES string of the molecule is CC(C)CC(=O)Cc1nc(C2CC2C)no1. The Kier molecular flexibility index (Phi) is 3.08. The summed E-state index contributed by atoms with van der Waals surface area (Å²) < 4.78 is 5.08. The van der Waals surface area contributed by atoms with Gasteiger partial charge in [0.15, 0.2) is 5.82 Å². The molecule has 0 saturated heterocycles. The van der Waals surface area contributed by atoms with Crippen molar-refractivity contribution in [2.45, 2.75) is 46.0 Å². The first-order valence-corrected chi connectivity index (χ1v) is 5.90. The lowest BCUT2D eigenvalue weighted by molar-refractivity contribution is -0.119. The summed E-state index contributed by atoms with van der Waals surface area (Å²) in [5.74, 6) is 2.93. The van der Waals surface area contributed by atoms with Crippen molar-refractivity contribution in [1.29, 1.82) is 0 Å². The van der Waals surface area contributed by atoms with Gasteiger partial charge in [0.1, 0.15) is 5.78 Å². The van der Waals surface area contributed by atoms with Crippen LogP contribution in [0.15, 0.2) is 4.52 Å². The minimum atomic E-state index is 0.175. The molecule has 1 aliphatic rings. The highest BCUT2D eigenvalue weighted by Crippen LogP contribution is 2.45. The second-order valence-corrected chi connectivity index (χ2v) is 5.18. The van der Waals surface area contributed by atoms with Crippen LogP contribution in [-0.2, 0) is 11.2 Å². The fourth-order valence-electron chi connectivity index (χ4n) is 1.87. The number of carbonyl (C=O) groups is 1. The van der Waals surface area contributed by atoms with Crippen molar-refractivity contribution in [2.75, 3.05) is 0 Å². The second-order valence-electron chi connectivity index (χ2n) is 5.18. The molecule has 0 N–H and O–H groups in total. The van der Waals surface area contributed by atoms with E-state index in [1.165, 1.54) is 0 Å². The molecular formula is C12H18N2O2. The summed E-state index contributed by atoms with van der Waals surface area (Å²) in [6, 6.07) is 0. The molecule has 1 aliphatic carbocycles. The number of nitrogens with zero attached hydrogens (tertiary/aromatic N) is 2. The van der Waals surface area contributed by atoms with Gasteiger partial charge in [0.2, 0.25) is 5.89 Å². The zero-order valence-corrected chi connectivity index (χ0v) is 10.1. The van der Waals surface area contributed by atoms with E-state index >= 15 is 0 Å². The molecule has 1 aromatic rings. The molecule has 0 bridgehead atoms. The van der Waals surface area contributed by atoms with Crippen molar-refractivity contribution in [3.05, 3.63) is 11.7 Å². The number of rotatable bonds is 5. The summed E-state index contributed by atoms with van der Waals surface area (Å²) in [5.41, 5.74) is 0. The average Bonchev–Trinajstić information content (AvgIpc) is 2.73. The van der Waals surface area contributed by atoms with Gasteiger partial charge in [0.05, 0.1) is 6.42 Å². The van der Waals surface area contributed by atoms with Crippen LogP contribution in [0.25, 0.3) is 0 Å². The molecule has 4 nitrogen and oxygen atoms in total. The quantitative estimate of drug-likeness (QED) is 0.767. The van der Waals surface area contributed by atoms with E-state index in [1.54, 1.807) is 0 Å². The van der Waals surface area contributed by atoms with Crippen LogP contribution in [0.3, 0.4) is 0 Å². The molecule has 16 heavy (non-hydrogen) atoms. The Hall–Kier alpha value is -1.19. The minimum absolute atomic E-state index is 0.175. The maximum absolute atomic E-state index is 11.6. The predicted octanol–water partition coefficient (Wildman–Crippen LogP) is 2.35. The monoisotopic (exact) mass is 222 g/mol. The van der Waals surface area contributed by atoms with Crippen molar-refractivity contribution in [1.82, 2.24) is 10.1 Å². The van der Waals surface area contributed by atoms with Gasteiger partial charge in [-0.05, 0) is 18.3 Å². The smallest absolute Gasteiger partial charge is 0.234 e. The summed E-state index contributed by atoms with van der Waals surface area (Å²) in [5, 5.41) is 3.92. The fraction of sp³-hybridized carbons (Fsp3) is 0.750.